The van der Waals surface area contributed by atoms with Crippen LogP contribution in [0.2, 0.25) is 0 Å². The minimum absolute atomic E-state index is 0.0190. The molecule has 0 saturated carbocycles. The fourth-order valence-corrected chi connectivity index (χ4v) is 2.93. The number of anilines is 1. The summed E-state index contributed by atoms with van der Waals surface area (Å²) in [7, 11) is 0. The Morgan fingerprint density at radius 1 is 1.07 bits per heavy atom. The lowest BCUT2D eigenvalue weighted by molar-refractivity contribution is -0.119. The van der Waals surface area contributed by atoms with Crippen LogP contribution in [-0.2, 0) is 11.2 Å². The molecular formula is C24H26N2O. The van der Waals surface area contributed by atoms with Crippen molar-refractivity contribution < 1.29 is 4.79 Å². The number of carbonyl (C=O) groups excluding carboxylic acids is 1. The molecule has 2 aromatic carbocycles. The van der Waals surface area contributed by atoms with Gasteiger partial charge in [0, 0.05) is 17.5 Å². The Balaban J connectivity index is 1.92. The summed E-state index contributed by atoms with van der Waals surface area (Å²) in [6.45, 7) is 6.11. The fourth-order valence-electron chi connectivity index (χ4n) is 2.93. The first-order valence-corrected chi connectivity index (χ1v) is 9.58. The Morgan fingerprint density at radius 2 is 1.85 bits per heavy atom. The molecule has 0 aliphatic rings. The van der Waals surface area contributed by atoms with E-state index < -0.39 is 0 Å². The third-order valence-corrected chi connectivity index (χ3v) is 4.96. The van der Waals surface area contributed by atoms with Gasteiger partial charge in [-0.1, -0.05) is 69.3 Å². The SMILES string of the molecule is CCc1ccc(C=Cc2ccc(NC(=O)C(C)CC)c3ncccc23)cc1. The van der Waals surface area contributed by atoms with Crippen LogP contribution >= 0.6 is 0 Å². The maximum Gasteiger partial charge on any atom is 0.227 e. The maximum atomic E-state index is 12.3. The molecule has 3 rings (SSSR count). The number of nitrogens with one attached hydrogen (secondary N) is 1. The average Bonchev–Trinajstić information content (AvgIpc) is 2.72. The second kappa shape index (κ2) is 8.63. The number of fused-ring (bicyclic) bond motifs is 1. The molecule has 138 valence electrons. The Labute approximate surface area is 161 Å². The molecule has 0 bridgehead atoms. The lowest BCUT2D eigenvalue weighted by Gasteiger charge is -2.13. The highest BCUT2D eigenvalue weighted by Gasteiger charge is 2.13. The number of nitrogens with zero attached hydrogens (tertiary/aromatic N) is 1. The largest absolute Gasteiger partial charge is 0.324 e. The summed E-state index contributed by atoms with van der Waals surface area (Å²) in [4.78, 5) is 16.8. The first kappa shape index (κ1) is 18.8. The zero-order valence-electron chi connectivity index (χ0n) is 16.2. The highest BCUT2D eigenvalue weighted by molar-refractivity contribution is 6.03. The number of pyridine rings is 1. The summed E-state index contributed by atoms with van der Waals surface area (Å²) in [5, 5.41) is 4.05. The van der Waals surface area contributed by atoms with E-state index in [0.29, 0.717) is 0 Å². The molecule has 1 aromatic heterocycles. The lowest BCUT2D eigenvalue weighted by Crippen LogP contribution is -2.19. The molecule has 3 heteroatoms. The molecule has 1 N–H and O–H groups in total. The van der Waals surface area contributed by atoms with Gasteiger partial charge in [0.05, 0.1) is 11.2 Å². The van der Waals surface area contributed by atoms with E-state index in [-0.39, 0.29) is 11.8 Å². The van der Waals surface area contributed by atoms with Crippen molar-refractivity contribution in [2.24, 2.45) is 5.92 Å². The van der Waals surface area contributed by atoms with Crippen molar-refractivity contribution in [3.63, 3.8) is 0 Å². The van der Waals surface area contributed by atoms with Crippen LogP contribution in [0.1, 0.15) is 43.9 Å². The van der Waals surface area contributed by atoms with Crippen molar-refractivity contribution in [3.05, 3.63) is 71.4 Å². The van der Waals surface area contributed by atoms with Crippen molar-refractivity contribution in [2.75, 3.05) is 5.32 Å². The smallest absolute Gasteiger partial charge is 0.227 e. The number of hydrogen-bond acceptors (Lipinski definition) is 2. The minimum atomic E-state index is -0.0190. The number of aryl methyl sites for hydroxylation is 1. The summed E-state index contributed by atoms with van der Waals surface area (Å²) < 4.78 is 0. The van der Waals surface area contributed by atoms with Gasteiger partial charge in [-0.3, -0.25) is 9.78 Å². The monoisotopic (exact) mass is 358 g/mol. The van der Waals surface area contributed by atoms with Crippen LogP contribution in [0.5, 0.6) is 0 Å². The molecule has 0 saturated heterocycles. The van der Waals surface area contributed by atoms with E-state index in [1.807, 2.05) is 38.1 Å². The number of aromatic nitrogens is 1. The third kappa shape index (κ3) is 4.43. The predicted octanol–water partition coefficient (Wildman–Crippen LogP) is 5.95. The lowest BCUT2D eigenvalue weighted by atomic mass is 10.0. The van der Waals surface area contributed by atoms with Crippen LogP contribution in [0.3, 0.4) is 0 Å². The van der Waals surface area contributed by atoms with Crippen LogP contribution in [0.25, 0.3) is 23.1 Å². The first-order chi connectivity index (χ1) is 13.1. The Bertz CT molecular complexity index is 958. The van der Waals surface area contributed by atoms with E-state index in [0.717, 1.165) is 35.0 Å². The molecule has 0 fully saturated rings. The van der Waals surface area contributed by atoms with E-state index >= 15 is 0 Å². The Kier molecular flexibility index (Phi) is 6.02. The Hall–Kier alpha value is -2.94. The molecule has 27 heavy (non-hydrogen) atoms. The molecule has 0 radical (unpaired) electrons. The highest BCUT2D eigenvalue weighted by atomic mass is 16.1. The van der Waals surface area contributed by atoms with E-state index in [1.165, 1.54) is 11.1 Å². The molecule has 0 aliphatic carbocycles. The average molecular weight is 358 g/mol. The minimum Gasteiger partial charge on any atom is -0.324 e. The molecule has 0 spiro atoms. The second-order valence-electron chi connectivity index (χ2n) is 6.83. The summed E-state index contributed by atoms with van der Waals surface area (Å²) in [6.07, 6.45) is 7.83. The number of amides is 1. The molecular weight excluding hydrogens is 332 g/mol. The van der Waals surface area contributed by atoms with Gasteiger partial charge in [-0.2, -0.15) is 0 Å². The van der Waals surface area contributed by atoms with Gasteiger partial charge in [-0.15, -0.1) is 0 Å². The van der Waals surface area contributed by atoms with Gasteiger partial charge in [0.15, 0.2) is 0 Å². The number of carbonyl (C=O) groups is 1. The van der Waals surface area contributed by atoms with Crippen molar-refractivity contribution in [2.45, 2.75) is 33.6 Å². The van der Waals surface area contributed by atoms with E-state index in [4.69, 9.17) is 0 Å². The number of hydrogen-bond donors (Lipinski definition) is 1. The summed E-state index contributed by atoms with van der Waals surface area (Å²) in [5.74, 6) is 0.0122. The highest BCUT2D eigenvalue weighted by Crippen LogP contribution is 2.27. The molecule has 3 nitrogen and oxygen atoms in total. The van der Waals surface area contributed by atoms with Gasteiger partial charge in [0.2, 0.25) is 5.91 Å². The summed E-state index contributed by atoms with van der Waals surface area (Å²) >= 11 is 0. The Morgan fingerprint density at radius 3 is 2.56 bits per heavy atom. The number of rotatable bonds is 6. The van der Waals surface area contributed by atoms with Crippen LogP contribution in [0.4, 0.5) is 5.69 Å². The number of benzene rings is 2. The molecule has 0 aliphatic heterocycles. The second-order valence-corrected chi connectivity index (χ2v) is 6.83. The van der Waals surface area contributed by atoms with Crippen LogP contribution < -0.4 is 5.32 Å². The van der Waals surface area contributed by atoms with Gasteiger partial charge in [-0.05, 0) is 41.7 Å². The summed E-state index contributed by atoms with van der Waals surface area (Å²) in [5.41, 5.74) is 5.17. The van der Waals surface area contributed by atoms with Gasteiger partial charge >= 0.3 is 0 Å². The van der Waals surface area contributed by atoms with E-state index in [2.05, 4.69) is 53.6 Å². The van der Waals surface area contributed by atoms with E-state index in [9.17, 15) is 4.79 Å². The molecule has 1 unspecified atom stereocenters. The standard InChI is InChI=1S/C24H26N2O/c1-4-17(3)24(27)26-22-15-14-20(21-7-6-16-25-23(21)22)13-12-19-10-8-18(5-2)9-11-19/h6-17H,4-5H2,1-3H3,(H,26,27). The maximum absolute atomic E-state index is 12.3. The van der Waals surface area contributed by atoms with Crippen LogP contribution in [-0.4, -0.2) is 10.9 Å². The van der Waals surface area contributed by atoms with Crippen molar-refractivity contribution in [3.8, 4) is 0 Å². The predicted molar refractivity (Wildman–Crippen MR) is 115 cm³/mol. The quantitative estimate of drug-likeness (QED) is 0.553. The zero-order chi connectivity index (χ0) is 19.2. The summed E-state index contributed by atoms with van der Waals surface area (Å²) in [6, 6.07) is 16.5. The fraction of sp³-hybridized carbons (Fsp3) is 0.250. The van der Waals surface area contributed by atoms with Crippen molar-refractivity contribution >= 4 is 34.6 Å². The van der Waals surface area contributed by atoms with Gasteiger partial charge in [0.1, 0.15) is 0 Å². The van der Waals surface area contributed by atoms with E-state index in [1.54, 1.807) is 6.20 Å². The third-order valence-electron chi connectivity index (χ3n) is 4.96. The molecule has 1 amide bonds. The van der Waals surface area contributed by atoms with Gasteiger partial charge in [-0.25, -0.2) is 0 Å². The normalized spacial score (nSPS) is 12.4. The van der Waals surface area contributed by atoms with Crippen molar-refractivity contribution in [1.82, 2.24) is 4.98 Å². The van der Waals surface area contributed by atoms with Gasteiger partial charge in [0.25, 0.3) is 0 Å². The zero-order valence-corrected chi connectivity index (χ0v) is 16.2. The first-order valence-electron chi connectivity index (χ1n) is 9.58. The molecule has 1 heterocycles. The molecule has 1 atom stereocenters. The van der Waals surface area contributed by atoms with Gasteiger partial charge < -0.3 is 5.32 Å². The van der Waals surface area contributed by atoms with Crippen LogP contribution in [0.15, 0.2) is 54.7 Å². The molecule has 3 aromatic rings. The topological polar surface area (TPSA) is 42.0 Å². The van der Waals surface area contributed by atoms with Crippen molar-refractivity contribution in [1.29, 1.82) is 0 Å². The van der Waals surface area contributed by atoms with Crippen LogP contribution in [0, 0.1) is 5.92 Å².